The Balaban J connectivity index is 1.88. The summed E-state index contributed by atoms with van der Waals surface area (Å²) in [5.74, 6) is -3.14. The van der Waals surface area contributed by atoms with E-state index in [1.807, 2.05) is 0 Å². The van der Waals surface area contributed by atoms with Gasteiger partial charge in [0.15, 0.2) is 12.7 Å². The van der Waals surface area contributed by atoms with Crippen LogP contribution in [0.1, 0.15) is 6.92 Å². The summed E-state index contributed by atoms with van der Waals surface area (Å²) in [4.78, 5) is 26.5. The van der Waals surface area contributed by atoms with Crippen LogP contribution in [0.25, 0.3) is 0 Å². The monoisotopic (exact) mass is 382 g/mol. The highest BCUT2D eigenvalue weighted by atomic mass is 35.5. The van der Waals surface area contributed by atoms with Crippen LogP contribution in [-0.4, -0.2) is 49.0 Å². The van der Waals surface area contributed by atoms with Gasteiger partial charge in [-0.2, -0.15) is 9.37 Å². The fourth-order valence-electron chi connectivity index (χ4n) is 1.55. The molecule has 2 rings (SSSR count). The minimum atomic E-state index is -1.23. The van der Waals surface area contributed by atoms with E-state index in [1.54, 1.807) is 0 Å². The third-order valence-corrected chi connectivity index (χ3v) is 3.62. The Kier molecular flexibility index (Phi) is 6.03. The van der Waals surface area contributed by atoms with Crippen molar-refractivity contribution < 1.29 is 32.9 Å². The van der Waals surface area contributed by atoms with Gasteiger partial charge in [-0.05, 0) is 6.92 Å². The van der Waals surface area contributed by atoms with Crippen LogP contribution in [0.4, 0.5) is 10.1 Å². The lowest BCUT2D eigenvalue weighted by Gasteiger charge is -2.25. The largest absolute Gasteiger partial charge is 0.461 e. The molecule has 1 aromatic heterocycles. The molecule has 0 amide bonds. The highest BCUT2D eigenvalue weighted by Crippen LogP contribution is 2.35. The number of carbonyl (C=O) groups excluding carboxylic acids is 2. The first-order chi connectivity index (χ1) is 11.3. The molecule has 0 saturated carbocycles. The van der Waals surface area contributed by atoms with E-state index in [0.29, 0.717) is 13.2 Å². The summed E-state index contributed by atoms with van der Waals surface area (Å²) < 4.78 is 33.0. The molecular formula is C13H13Cl2FN2O6. The van der Waals surface area contributed by atoms with Gasteiger partial charge in [0.05, 0.1) is 18.9 Å². The summed E-state index contributed by atoms with van der Waals surface area (Å²) in [7, 11) is 0. The molecule has 0 unspecified atom stereocenters. The van der Waals surface area contributed by atoms with E-state index in [-0.39, 0.29) is 16.8 Å². The lowest BCUT2D eigenvalue weighted by molar-refractivity contribution is -0.180. The van der Waals surface area contributed by atoms with E-state index >= 15 is 0 Å². The quantitative estimate of drug-likeness (QED) is 0.579. The van der Waals surface area contributed by atoms with E-state index in [2.05, 4.69) is 4.98 Å². The molecule has 11 heteroatoms. The van der Waals surface area contributed by atoms with Gasteiger partial charge in [-0.25, -0.2) is 9.59 Å². The molecule has 0 radical (unpaired) electrons. The number of carbonyl (C=O) groups is 2. The van der Waals surface area contributed by atoms with Gasteiger partial charge in [-0.3, -0.25) is 0 Å². The zero-order valence-electron chi connectivity index (χ0n) is 12.4. The summed E-state index contributed by atoms with van der Waals surface area (Å²) in [5, 5.41) is -0.698. The van der Waals surface area contributed by atoms with E-state index in [9.17, 15) is 14.0 Å². The Morgan fingerprint density at radius 2 is 2.08 bits per heavy atom. The van der Waals surface area contributed by atoms with Crippen molar-refractivity contribution in [1.29, 1.82) is 0 Å². The minimum Gasteiger partial charge on any atom is -0.461 e. The molecule has 2 heterocycles. The van der Waals surface area contributed by atoms with Crippen LogP contribution < -0.4 is 10.5 Å². The molecule has 24 heavy (non-hydrogen) atoms. The van der Waals surface area contributed by atoms with Crippen molar-refractivity contribution in [2.24, 2.45) is 0 Å². The lowest BCUT2D eigenvalue weighted by Crippen LogP contribution is -2.39. The van der Waals surface area contributed by atoms with Crippen molar-refractivity contribution in [3.05, 3.63) is 16.0 Å². The van der Waals surface area contributed by atoms with Gasteiger partial charge in [0.2, 0.25) is 11.8 Å². The molecule has 0 spiro atoms. The second-order valence-corrected chi connectivity index (χ2v) is 5.52. The maximum absolute atomic E-state index is 13.4. The molecule has 1 aromatic rings. The number of halogens is 3. The van der Waals surface area contributed by atoms with Crippen molar-refractivity contribution in [1.82, 2.24) is 4.98 Å². The highest BCUT2D eigenvalue weighted by Gasteiger charge is 2.25. The summed E-state index contributed by atoms with van der Waals surface area (Å²) in [6.45, 7) is 1.33. The number of anilines is 1. The highest BCUT2D eigenvalue weighted by molar-refractivity contribution is 6.39. The van der Waals surface area contributed by atoms with E-state index in [1.165, 1.54) is 6.92 Å². The van der Waals surface area contributed by atoms with Gasteiger partial charge in [0, 0.05) is 0 Å². The molecular weight excluding hydrogens is 370 g/mol. The van der Waals surface area contributed by atoms with Gasteiger partial charge in [-0.1, -0.05) is 23.2 Å². The van der Waals surface area contributed by atoms with Gasteiger partial charge >= 0.3 is 11.9 Å². The number of nitrogens with two attached hydrogens (primary N) is 1. The van der Waals surface area contributed by atoms with Crippen LogP contribution in [0.15, 0.2) is 0 Å². The number of ether oxygens (including phenoxy) is 4. The SMILES string of the molecule is C[C@@H](Oc1nc(F)c(Cl)c(N)c1Cl)C(=O)OCC(=O)OC1COC1. The number of pyridine rings is 1. The summed E-state index contributed by atoms with van der Waals surface area (Å²) in [5.41, 5.74) is 5.22. The Labute approximate surface area is 145 Å². The number of nitrogens with zero attached hydrogens (tertiary/aromatic N) is 1. The van der Waals surface area contributed by atoms with Gasteiger partial charge < -0.3 is 24.7 Å². The smallest absolute Gasteiger partial charge is 0.347 e. The first-order valence-electron chi connectivity index (χ1n) is 6.70. The summed E-state index contributed by atoms with van der Waals surface area (Å²) in [6.07, 6.45) is -1.55. The van der Waals surface area contributed by atoms with Crippen molar-refractivity contribution >= 4 is 40.8 Å². The van der Waals surface area contributed by atoms with Crippen molar-refractivity contribution in [2.75, 3.05) is 25.6 Å². The molecule has 0 aromatic carbocycles. The van der Waals surface area contributed by atoms with Crippen LogP contribution in [0.3, 0.4) is 0 Å². The number of aromatic nitrogens is 1. The average molecular weight is 383 g/mol. The number of rotatable bonds is 6. The van der Waals surface area contributed by atoms with Crippen LogP contribution in [-0.2, 0) is 23.8 Å². The zero-order chi connectivity index (χ0) is 17.9. The fraction of sp³-hybridized carbons (Fsp3) is 0.462. The molecule has 1 fully saturated rings. The Hall–Kier alpha value is -1.84. The van der Waals surface area contributed by atoms with Crippen LogP contribution in [0, 0.1) is 5.95 Å². The van der Waals surface area contributed by atoms with Crippen LogP contribution in [0.5, 0.6) is 5.88 Å². The number of hydrogen-bond acceptors (Lipinski definition) is 8. The Morgan fingerprint density at radius 1 is 1.42 bits per heavy atom. The standard InChI is InChI=1S/C13H13Cl2FN2O6/c1-5(13(20)22-4-7(19)24-6-2-21-3-6)23-12-9(15)10(17)8(14)11(16)18-12/h5-6H,2-4H2,1H3,(H2,17,18)/t5-/m1/s1. The van der Waals surface area contributed by atoms with E-state index in [4.69, 9.17) is 47.9 Å². The van der Waals surface area contributed by atoms with Crippen molar-refractivity contribution in [3.8, 4) is 5.88 Å². The number of hydrogen-bond donors (Lipinski definition) is 1. The Morgan fingerprint density at radius 3 is 2.67 bits per heavy atom. The second kappa shape index (κ2) is 7.82. The first kappa shape index (κ1) is 18.5. The molecule has 2 N–H and O–H groups in total. The molecule has 1 aliphatic rings. The van der Waals surface area contributed by atoms with E-state index in [0.717, 1.165) is 0 Å². The first-order valence-corrected chi connectivity index (χ1v) is 7.45. The lowest BCUT2D eigenvalue weighted by atomic mass is 10.3. The normalized spacial score (nSPS) is 15.3. The number of esters is 2. The molecule has 1 saturated heterocycles. The van der Waals surface area contributed by atoms with Gasteiger partial charge in [0.25, 0.3) is 0 Å². The fourth-order valence-corrected chi connectivity index (χ4v) is 1.92. The predicted molar refractivity (Wildman–Crippen MR) is 80.4 cm³/mol. The average Bonchev–Trinajstić information content (AvgIpc) is 2.51. The third-order valence-electron chi connectivity index (χ3n) is 2.90. The minimum absolute atomic E-state index is 0.245. The number of nitrogen functional groups attached to an aromatic ring is 1. The Bertz CT molecular complexity index is 656. The van der Waals surface area contributed by atoms with Gasteiger partial charge in [0.1, 0.15) is 16.1 Å². The predicted octanol–water partition coefficient (Wildman–Crippen LogP) is 1.36. The molecule has 1 aliphatic heterocycles. The molecule has 1 atom stereocenters. The molecule has 0 aliphatic carbocycles. The van der Waals surface area contributed by atoms with Crippen molar-refractivity contribution in [3.63, 3.8) is 0 Å². The molecule has 0 bridgehead atoms. The van der Waals surface area contributed by atoms with Crippen LogP contribution >= 0.6 is 23.2 Å². The third kappa shape index (κ3) is 4.37. The molecule has 8 nitrogen and oxygen atoms in total. The zero-order valence-corrected chi connectivity index (χ0v) is 13.9. The topological polar surface area (TPSA) is 110 Å². The van der Waals surface area contributed by atoms with Gasteiger partial charge in [-0.15, -0.1) is 0 Å². The second-order valence-electron chi connectivity index (χ2n) is 4.77. The maximum Gasteiger partial charge on any atom is 0.347 e. The van der Waals surface area contributed by atoms with Crippen LogP contribution in [0.2, 0.25) is 10.0 Å². The summed E-state index contributed by atoms with van der Waals surface area (Å²) in [6, 6.07) is 0. The molecule has 132 valence electrons. The summed E-state index contributed by atoms with van der Waals surface area (Å²) >= 11 is 11.4. The van der Waals surface area contributed by atoms with Crippen molar-refractivity contribution in [2.45, 2.75) is 19.1 Å². The van der Waals surface area contributed by atoms with E-state index < -0.39 is 41.5 Å². The maximum atomic E-state index is 13.4.